The van der Waals surface area contributed by atoms with Crippen LogP contribution in [0.4, 0.5) is 0 Å². The molecule has 2 aromatic rings. The Kier molecular flexibility index (Phi) is 4.15. The smallest absolute Gasteiger partial charge is 0.250 e. The third-order valence-corrected chi connectivity index (χ3v) is 8.57. The van der Waals surface area contributed by atoms with E-state index in [9.17, 15) is 5.11 Å². The maximum Gasteiger partial charge on any atom is 0.250 e. The van der Waals surface area contributed by atoms with Crippen molar-refractivity contribution in [2.75, 3.05) is 0 Å². The summed E-state index contributed by atoms with van der Waals surface area (Å²) in [6.45, 7) is 11.2. The van der Waals surface area contributed by atoms with Gasteiger partial charge < -0.3 is 9.53 Å². The Morgan fingerprint density at radius 3 is 2.05 bits per heavy atom. The molecule has 1 N–H and O–H groups in total. The van der Waals surface area contributed by atoms with Crippen molar-refractivity contribution in [2.24, 2.45) is 0 Å². The Hall–Kier alpha value is -1.74. The van der Waals surface area contributed by atoms with Crippen molar-refractivity contribution in [2.45, 2.75) is 38.9 Å². The fourth-order valence-electron chi connectivity index (χ4n) is 1.85. The predicted molar refractivity (Wildman–Crippen MR) is 91.4 cm³/mol. The first-order valence-electron chi connectivity index (χ1n) is 7.27. The minimum absolute atomic E-state index is 0.191. The van der Waals surface area contributed by atoms with Crippen LogP contribution < -0.4 is 4.43 Å². The summed E-state index contributed by atoms with van der Waals surface area (Å²) < 4.78 is 6.27. The van der Waals surface area contributed by atoms with Crippen LogP contribution in [-0.4, -0.2) is 13.4 Å². The third-order valence-electron chi connectivity index (χ3n) is 4.21. The summed E-state index contributed by atoms with van der Waals surface area (Å²) in [6.07, 6.45) is 0. The van der Waals surface area contributed by atoms with Gasteiger partial charge in [-0.1, -0.05) is 45.0 Å². The van der Waals surface area contributed by atoms with Crippen LogP contribution in [0.3, 0.4) is 0 Å². The van der Waals surface area contributed by atoms with E-state index in [2.05, 4.69) is 33.9 Å². The second kappa shape index (κ2) is 5.56. The Bertz CT molecular complexity index is 610. The van der Waals surface area contributed by atoms with Gasteiger partial charge in [0, 0.05) is 0 Å². The van der Waals surface area contributed by atoms with E-state index in [0.717, 1.165) is 16.9 Å². The van der Waals surface area contributed by atoms with Crippen molar-refractivity contribution in [3.05, 3.63) is 48.5 Å². The van der Waals surface area contributed by atoms with Crippen molar-refractivity contribution < 1.29 is 9.53 Å². The van der Waals surface area contributed by atoms with Gasteiger partial charge in [-0.15, -0.1) is 0 Å². The van der Waals surface area contributed by atoms with E-state index in [1.807, 2.05) is 36.4 Å². The molecule has 0 fully saturated rings. The highest BCUT2D eigenvalue weighted by atomic mass is 28.4. The van der Waals surface area contributed by atoms with Crippen molar-refractivity contribution >= 4 is 8.32 Å². The Morgan fingerprint density at radius 1 is 0.905 bits per heavy atom. The SMILES string of the molecule is CC(C)(C)[Si](C)(C)Oc1ccc(-c2cccc(O)c2)cc1. The van der Waals surface area contributed by atoms with Crippen LogP contribution >= 0.6 is 0 Å². The van der Waals surface area contributed by atoms with E-state index >= 15 is 0 Å². The molecule has 0 saturated heterocycles. The highest BCUT2D eigenvalue weighted by Gasteiger charge is 2.38. The van der Waals surface area contributed by atoms with E-state index in [4.69, 9.17) is 4.43 Å². The van der Waals surface area contributed by atoms with Gasteiger partial charge in [-0.3, -0.25) is 0 Å². The number of rotatable bonds is 3. The number of phenolic OH excluding ortho intramolecular Hbond substituents is 1. The average molecular weight is 300 g/mol. The van der Waals surface area contributed by atoms with Crippen LogP contribution in [-0.2, 0) is 0 Å². The second-order valence-electron chi connectivity index (χ2n) is 6.94. The maximum atomic E-state index is 9.55. The van der Waals surface area contributed by atoms with Gasteiger partial charge in [0.2, 0.25) is 8.32 Å². The summed E-state index contributed by atoms with van der Waals surface area (Å²) in [6, 6.07) is 15.4. The van der Waals surface area contributed by atoms with Gasteiger partial charge in [0.15, 0.2) is 0 Å². The topological polar surface area (TPSA) is 29.5 Å². The molecule has 0 saturated carbocycles. The summed E-state index contributed by atoms with van der Waals surface area (Å²) in [5.41, 5.74) is 2.09. The molecule has 21 heavy (non-hydrogen) atoms. The van der Waals surface area contributed by atoms with Gasteiger partial charge in [-0.05, 0) is 53.5 Å². The molecule has 0 aliphatic heterocycles. The van der Waals surface area contributed by atoms with Crippen LogP contribution in [0.15, 0.2) is 48.5 Å². The first-order chi connectivity index (χ1) is 9.69. The van der Waals surface area contributed by atoms with Crippen molar-refractivity contribution in [3.8, 4) is 22.6 Å². The molecule has 0 atom stereocenters. The lowest BCUT2D eigenvalue weighted by Gasteiger charge is -2.36. The first-order valence-corrected chi connectivity index (χ1v) is 10.2. The Balaban J connectivity index is 2.20. The standard InChI is InChI=1S/C18H24O2Si/c1-18(2,3)21(4,5)20-17-11-9-14(10-12-17)15-7-6-8-16(19)13-15/h6-13,19H,1-5H3. The molecule has 2 aromatic carbocycles. The molecule has 0 aromatic heterocycles. The number of phenols is 1. The van der Waals surface area contributed by atoms with Crippen LogP contribution in [0.2, 0.25) is 18.1 Å². The fraction of sp³-hybridized carbons (Fsp3) is 0.333. The van der Waals surface area contributed by atoms with Crippen molar-refractivity contribution in [3.63, 3.8) is 0 Å². The van der Waals surface area contributed by atoms with E-state index in [1.165, 1.54) is 0 Å². The lowest BCUT2D eigenvalue weighted by Crippen LogP contribution is -2.43. The highest BCUT2D eigenvalue weighted by molar-refractivity contribution is 6.74. The molecule has 0 aliphatic carbocycles. The molecule has 0 radical (unpaired) electrons. The Morgan fingerprint density at radius 2 is 1.52 bits per heavy atom. The first kappa shape index (κ1) is 15.6. The molecule has 2 nitrogen and oxygen atoms in total. The van der Waals surface area contributed by atoms with E-state index < -0.39 is 8.32 Å². The van der Waals surface area contributed by atoms with Gasteiger partial charge in [0.1, 0.15) is 11.5 Å². The molecule has 0 amide bonds. The van der Waals surface area contributed by atoms with Gasteiger partial charge in [0.05, 0.1) is 0 Å². The van der Waals surface area contributed by atoms with Crippen LogP contribution in [0.5, 0.6) is 11.5 Å². The van der Waals surface area contributed by atoms with Crippen molar-refractivity contribution in [1.82, 2.24) is 0 Å². The summed E-state index contributed by atoms with van der Waals surface area (Å²) >= 11 is 0. The van der Waals surface area contributed by atoms with E-state index in [0.29, 0.717) is 0 Å². The monoisotopic (exact) mass is 300 g/mol. The minimum atomic E-state index is -1.79. The molecule has 0 heterocycles. The lowest BCUT2D eigenvalue weighted by atomic mass is 10.1. The van der Waals surface area contributed by atoms with E-state index in [-0.39, 0.29) is 10.8 Å². The van der Waals surface area contributed by atoms with Crippen LogP contribution in [0, 0.1) is 0 Å². The summed E-state index contributed by atoms with van der Waals surface area (Å²) in [4.78, 5) is 0. The number of benzene rings is 2. The average Bonchev–Trinajstić information content (AvgIpc) is 2.38. The molecule has 0 spiro atoms. The summed E-state index contributed by atoms with van der Waals surface area (Å²) in [5, 5.41) is 9.74. The number of aromatic hydroxyl groups is 1. The van der Waals surface area contributed by atoms with Crippen LogP contribution in [0.25, 0.3) is 11.1 Å². The predicted octanol–water partition coefficient (Wildman–Crippen LogP) is 5.44. The van der Waals surface area contributed by atoms with Gasteiger partial charge in [-0.2, -0.15) is 0 Å². The molecule has 0 unspecified atom stereocenters. The summed E-state index contributed by atoms with van der Waals surface area (Å²) in [5.74, 6) is 1.21. The van der Waals surface area contributed by atoms with Gasteiger partial charge in [0.25, 0.3) is 0 Å². The second-order valence-corrected chi connectivity index (χ2v) is 11.7. The summed E-state index contributed by atoms with van der Waals surface area (Å²) in [7, 11) is -1.79. The lowest BCUT2D eigenvalue weighted by molar-refractivity contribution is 0.475. The molecule has 0 aliphatic rings. The Labute approximate surface area is 128 Å². The maximum absolute atomic E-state index is 9.55. The third kappa shape index (κ3) is 3.67. The largest absolute Gasteiger partial charge is 0.544 e. The highest BCUT2D eigenvalue weighted by Crippen LogP contribution is 2.37. The molecular formula is C18H24O2Si. The molecule has 0 bridgehead atoms. The number of hydrogen-bond donors (Lipinski definition) is 1. The molecule has 2 rings (SSSR count). The van der Waals surface area contributed by atoms with E-state index in [1.54, 1.807) is 12.1 Å². The van der Waals surface area contributed by atoms with Crippen LogP contribution in [0.1, 0.15) is 20.8 Å². The normalized spacial score (nSPS) is 12.2. The zero-order valence-electron chi connectivity index (χ0n) is 13.5. The zero-order valence-corrected chi connectivity index (χ0v) is 14.5. The molecular weight excluding hydrogens is 276 g/mol. The quantitative estimate of drug-likeness (QED) is 0.764. The van der Waals surface area contributed by atoms with Crippen molar-refractivity contribution in [1.29, 1.82) is 0 Å². The van der Waals surface area contributed by atoms with Gasteiger partial charge >= 0.3 is 0 Å². The van der Waals surface area contributed by atoms with Gasteiger partial charge in [-0.25, -0.2) is 0 Å². The molecule has 112 valence electrons. The zero-order chi connectivity index (χ0) is 15.7. The molecule has 3 heteroatoms. The fourth-order valence-corrected chi connectivity index (χ4v) is 2.88. The minimum Gasteiger partial charge on any atom is -0.544 e. The number of hydrogen-bond acceptors (Lipinski definition) is 2.